The Hall–Kier alpha value is -2.86. The maximum absolute atomic E-state index is 13.0. The molecule has 1 spiro atoms. The largest absolute Gasteiger partial charge is 0.484 e. The third-order valence-corrected chi connectivity index (χ3v) is 6.54. The monoisotopic (exact) mass is 391 g/mol. The van der Waals surface area contributed by atoms with Gasteiger partial charge in [0.1, 0.15) is 16.9 Å². The van der Waals surface area contributed by atoms with E-state index in [9.17, 15) is 4.79 Å². The van der Waals surface area contributed by atoms with Crippen molar-refractivity contribution in [2.24, 2.45) is 7.05 Å². The molecule has 2 aliphatic rings. The van der Waals surface area contributed by atoms with Crippen molar-refractivity contribution in [3.05, 3.63) is 58.4 Å². The smallest absolute Gasteiger partial charge is 0.277 e. The Labute approximate surface area is 170 Å². The van der Waals surface area contributed by atoms with Crippen LogP contribution in [-0.4, -0.2) is 40.3 Å². The Kier molecular flexibility index (Phi) is 3.96. The van der Waals surface area contributed by atoms with Crippen molar-refractivity contribution >= 4 is 16.9 Å². The molecule has 3 aromatic rings. The van der Waals surface area contributed by atoms with Gasteiger partial charge in [0.15, 0.2) is 5.75 Å². The topological polar surface area (TPSA) is 56.6 Å². The number of nitrogens with zero attached hydrogens (tertiary/aromatic N) is 3. The van der Waals surface area contributed by atoms with E-state index in [0.29, 0.717) is 5.56 Å². The minimum absolute atomic E-state index is 0.168. The van der Waals surface area contributed by atoms with Gasteiger partial charge >= 0.3 is 0 Å². The highest BCUT2D eigenvalue weighted by Gasteiger charge is 2.43. The predicted octanol–water partition coefficient (Wildman–Crippen LogP) is 3.38. The number of amides is 1. The number of hydrogen-bond acceptors (Lipinski definition) is 4. The van der Waals surface area contributed by atoms with Gasteiger partial charge in [0, 0.05) is 32.5 Å². The molecular weight excluding hydrogens is 366 g/mol. The molecule has 29 heavy (non-hydrogen) atoms. The normalized spacial score (nSPS) is 16.6. The summed E-state index contributed by atoms with van der Waals surface area (Å²) in [5.41, 5.74) is 5.76. The Morgan fingerprint density at radius 3 is 2.62 bits per heavy atom. The molecule has 1 aliphatic carbocycles. The zero-order valence-electron chi connectivity index (χ0n) is 17.3. The minimum Gasteiger partial charge on any atom is -0.484 e. The van der Waals surface area contributed by atoms with Gasteiger partial charge < -0.3 is 9.30 Å². The highest BCUT2D eigenvalue weighted by atomic mass is 16.7. The molecule has 6 nitrogen and oxygen atoms in total. The summed E-state index contributed by atoms with van der Waals surface area (Å²) in [4.78, 5) is 23.0. The summed E-state index contributed by atoms with van der Waals surface area (Å²) >= 11 is 0. The van der Waals surface area contributed by atoms with Crippen molar-refractivity contribution in [1.29, 1.82) is 0 Å². The minimum atomic E-state index is -0.260. The molecule has 0 unspecified atom stereocenters. The summed E-state index contributed by atoms with van der Waals surface area (Å²) in [5.74, 6) is 1.49. The van der Waals surface area contributed by atoms with Gasteiger partial charge in [0.25, 0.3) is 5.91 Å². The first-order valence-corrected chi connectivity index (χ1v) is 9.99. The van der Waals surface area contributed by atoms with E-state index < -0.39 is 0 Å². The molecule has 0 fully saturated rings. The van der Waals surface area contributed by atoms with Gasteiger partial charge in [-0.3, -0.25) is 9.63 Å². The number of hydroxylamine groups is 2. The molecule has 1 aromatic heterocycles. The molecule has 0 saturated carbocycles. The van der Waals surface area contributed by atoms with E-state index in [1.807, 2.05) is 24.6 Å². The van der Waals surface area contributed by atoms with Crippen LogP contribution < -0.4 is 4.74 Å². The Morgan fingerprint density at radius 2 is 1.97 bits per heavy atom. The zero-order chi connectivity index (χ0) is 20.3. The number of carbonyl (C=O) groups is 1. The molecule has 0 bridgehead atoms. The zero-order valence-corrected chi connectivity index (χ0v) is 17.3. The van der Waals surface area contributed by atoms with Crippen LogP contribution in [0.5, 0.6) is 5.75 Å². The van der Waals surface area contributed by atoms with Crippen molar-refractivity contribution in [2.45, 2.75) is 38.2 Å². The van der Waals surface area contributed by atoms with Crippen LogP contribution >= 0.6 is 0 Å². The van der Waals surface area contributed by atoms with Crippen LogP contribution in [0.4, 0.5) is 0 Å². The number of ether oxygens (including phenoxy) is 1. The fourth-order valence-electron chi connectivity index (χ4n) is 4.78. The number of aromatic nitrogens is 2. The lowest BCUT2D eigenvalue weighted by Crippen LogP contribution is -2.41. The summed E-state index contributed by atoms with van der Waals surface area (Å²) in [6.45, 7) is 1.97. The second-order valence-corrected chi connectivity index (χ2v) is 8.21. The number of imidazole rings is 1. The van der Waals surface area contributed by atoms with Crippen LogP contribution in [0.2, 0.25) is 0 Å². The molecule has 0 saturated heterocycles. The first-order valence-electron chi connectivity index (χ1n) is 9.99. The van der Waals surface area contributed by atoms with Crippen molar-refractivity contribution < 1.29 is 14.4 Å². The van der Waals surface area contributed by atoms with Crippen molar-refractivity contribution in [1.82, 2.24) is 14.6 Å². The van der Waals surface area contributed by atoms with E-state index in [1.165, 1.54) is 23.3 Å². The maximum atomic E-state index is 13.0. The van der Waals surface area contributed by atoms with Gasteiger partial charge in [0.05, 0.1) is 18.2 Å². The van der Waals surface area contributed by atoms with E-state index in [0.717, 1.165) is 53.9 Å². The van der Waals surface area contributed by atoms with E-state index >= 15 is 0 Å². The number of rotatable bonds is 2. The summed E-state index contributed by atoms with van der Waals surface area (Å²) < 4.78 is 8.77. The molecule has 150 valence electrons. The van der Waals surface area contributed by atoms with E-state index in [2.05, 4.69) is 24.3 Å². The Balaban J connectivity index is 1.66. The first kappa shape index (κ1) is 18.2. The fraction of sp³-hybridized carbons (Fsp3) is 0.391. The molecule has 0 radical (unpaired) electrons. The van der Waals surface area contributed by atoms with E-state index in [1.54, 1.807) is 7.05 Å². The number of fused-ring (bicyclic) bond motifs is 4. The molecule has 5 rings (SSSR count). The lowest BCUT2D eigenvalue weighted by atomic mass is 9.86. The fourth-order valence-corrected chi connectivity index (χ4v) is 4.78. The molecule has 1 amide bonds. The van der Waals surface area contributed by atoms with Crippen LogP contribution in [0.3, 0.4) is 0 Å². The molecule has 0 N–H and O–H groups in total. The summed E-state index contributed by atoms with van der Waals surface area (Å²) in [6.07, 6.45) is 3.45. The van der Waals surface area contributed by atoms with Gasteiger partial charge in [-0.15, -0.1) is 0 Å². The van der Waals surface area contributed by atoms with Crippen molar-refractivity contribution in [2.75, 3.05) is 14.2 Å². The van der Waals surface area contributed by atoms with Crippen LogP contribution in [0, 0.1) is 6.92 Å². The predicted molar refractivity (Wildman–Crippen MR) is 110 cm³/mol. The standard InChI is InChI=1S/C23H25N3O3/c1-14-24-20-19(25(14)2)11-18(22(27)26(3)28-4)17-9-10-23(29-21(17)20)12-15-7-5-6-8-16(15)13-23/h5-8,11H,9-10,12-13H2,1-4H3. The van der Waals surface area contributed by atoms with Gasteiger partial charge in [-0.1, -0.05) is 24.3 Å². The van der Waals surface area contributed by atoms with Crippen molar-refractivity contribution in [3.8, 4) is 5.75 Å². The summed E-state index contributed by atoms with van der Waals surface area (Å²) in [7, 11) is 5.10. The second-order valence-electron chi connectivity index (χ2n) is 8.21. The average molecular weight is 391 g/mol. The number of aryl methyl sites for hydroxylation is 2. The van der Waals surface area contributed by atoms with Crippen molar-refractivity contribution in [3.63, 3.8) is 0 Å². The molecule has 2 heterocycles. The van der Waals surface area contributed by atoms with Crippen LogP contribution in [0.1, 0.15) is 39.3 Å². The Bertz CT molecular complexity index is 1120. The van der Waals surface area contributed by atoms with E-state index in [-0.39, 0.29) is 11.5 Å². The number of benzene rings is 2. The summed E-state index contributed by atoms with van der Waals surface area (Å²) in [6, 6.07) is 10.5. The lowest BCUT2D eigenvalue weighted by Gasteiger charge is -2.36. The quantitative estimate of drug-likeness (QED) is 0.629. The first-order chi connectivity index (χ1) is 13.9. The highest BCUT2D eigenvalue weighted by molar-refractivity contribution is 6.01. The third kappa shape index (κ3) is 2.66. The number of hydrogen-bond donors (Lipinski definition) is 0. The van der Waals surface area contributed by atoms with Crippen LogP contribution in [0.25, 0.3) is 11.0 Å². The highest BCUT2D eigenvalue weighted by Crippen LogP contribution is 2.46. The van der Waals surface area contributed by atoms with Gasteiger partial charge in [0.2, 0.25) is 0 Å². The molecular formula is C23H25N3O3. The van der Waals surface area contributed by atoms with Crippen LogP contribution in [-0.2, 0) is 31.1 Å². The third-order valence-electron chi connectivity index (χ3n) is 6.54. The van der Waals surface area contributed by atoms with Gasteiger partial charge in [-0.2, -0.15) is 0 Å². The van der Waals surface area contributed by atoms with Gasteiger partial charge in [-0.25, -0.2) is 10.0 Å². The van der Waals surface area contributed by atoms with Crippen LogP contribution in [0.15, 0.2) is 30.3 Å². The average Bonchev–Trinajstić information content (AvgIpc) is 3.23. The SMILES string of the molecule is CON(C)C(=O)c1cc2c(nc(C)n2C)c2c1CCC1(Cc3ccccc3C1)O2. The second kappa shape index (κ2) is 6.32. The van der Waals surface area contributed by atoms with Gasteiger partial charge in [-0.05, 0) is 37.0 Å². The molecule has 2 aromatic carbocycles. The maximum Gasteiger partial charge on any atom is 0.277 e. The molecule has 1 aliphatic heterocycles. The number of carbonyl (C=O) groups excluding carboxylic acids is 1. The molecule has 6 heteroatoms. The van der Waals surface area contributed by atoms with E-state index in [4.69, 9.17) is 14.6 Å². The summed E-state index contributed by atoms with van der Waals surface area (Å²) in [5, 5.41) is 1.26. The Morgan fingerprint density at radius 1 is 1.28 bits per heavy atom. The lowest BCUT2D eigenvalue weighted by molar-refractivity contribution is -0.0758. The molecule has 0 atom stereocenters.